The van der Waals surface area contributed by atoms with E-state index in [1.165, 1.54) is 11.6 Å². The Morgan fingerprint density at radius 1 is 1.21 bits per heavy atom. The van der Waals surface area contributed by atoms with Gasteiger partial charge in [0.05, 0.1) is 6.42 Å². The Balaban J connectivity index is 2.38. The van der Waals surface area contributed by atoms with Crippen LogP contribution >= 0.6 is 0 Å². The topological polar surface area (TPSA) is 49.7 Å². The van der Waals surface area contributed by atoms with E-state index < -0.39 is 5.97 Å². The van der Waals surface area contributed by atoms with Crippen LogP contribution in [0, 0.1) is 12.7 Å². The normalized spacial score (nSPS) is 15.0. The van der Waals surface area contributed by atoms with Crippen molar-refractivity contribution in [1.82, 2.24) is 0 Å². The van der Waals surface area contributed by atoms with Crippen LogP contribution in [0.4, 0.5) is 4.39 Å². The molecule has 130 valence electrons. The smallest absolute Gasteiger partial charge is 0.303 e. The third-order valence-electron chi connectivity index (χ3n) is 4.44. The number of carboxylic acid groups (broad SMARTS) is 1. The first-order chi connectivity index (χ1) is 11.5. The van der Waals surface area contributed by atoms with Crippen LogP contribution in [0.1, 0.15) is 69.4 Å². The van der Waals surface area contributed by atoms with Crippen LogP contribution in [0.3, 0.4) is 0 Å². The fourth-order valence-corrected chi connectivity index (χ4v) is 3.12. The molecule has 0 spiro atoms. The molecule has 4 heteroatoms. The van der Waals surface area contributed by atoms with Gasteiger partial charge in [0.25, 0.3) is 0 Å². The number of hydrogen-bond donors (Lipinski definition) is 1. The van der Waals surface area contributed by atoms with Gasteiger partial charge in [0.1, 0.15) is 5.82 Å². The van der Waals surface area contributed by atoms with Gasteiger partial charge in [-0.3, -0.25) is 9.79 Å². The number of carboxylic acids is 1. The molecule has 0 aromatic heterocycles. The summed E-state index contributed by atoms with van der Waals surface area (Å²) in [6.45, 7) is 3.84. The second-order valence-electron chi connectivity index (χ2n) is 6.42. The van der Waals surface area contributed by atoms with Crippen molar-refractivity contribution >= 4 is 11.7 Å². The van der Waals surface area contributed by atoms with E-state index in [0.29, 0.717) is 12.0 Å². The fraction of sp³-hybridized carbons (Fsp3) is 0.500. The van der Waals surface area contributed by atoms with Crippen molar-refractivity contribution in [2.45, 2.75) is 65.2 Å². The van der Waals surface area contributed by atoms with Gasteiger partial charge < -0.3 is 5.11 Å². The van der Waals surface area contributed by atoms with Crippen LogP contribution < -0.4 is 0 Å². The predicted octanol–water partition coefficient (Wildman–Crippen LogP) is 5.42. The summed E-state index contributed by atoms with van der Waals surface area (Å²) in [5.41, 5.74) is 4.70. The van der Waals surface area contributed by atoms with Gasteiger partial charge >= 0.3 is 5.97 Å². The lowest BCUT2D eigenvalue weighted by Gasteiger charge is -2.11. The Morgan fingerprint density at radius 3 is 2.50 bits per heavy atom. The molecule has 0 aliphatic heterocycles. The van der Waals surface area contributed by atoms with Crippen LogP contribution in [-0.4, -0.2) is 16.8 Å². The molecular formula is C20H26FNO2. The zero-order valence-electron chi connectivity index (χ0n) is 14.6. The number of allylic oxidation sites excluding steroid dienone is 2. The van der Waals surface area contributed by atoms with Gasteiger partial charge in [-0.1, -0.05) is 19.4 Å². The average molecular weight is 331 g/mol. The van der Waals surface area contributed by atoms with Crippen LogP contribution in [0.5, 0.6) is 0 Å². The standard InChI is InChI=1S/C20H26FNO2/c1-3-6-18(16-9-10-17(21)14(2)13-16)22-19(11-12-20(23)24)15-7-4-5-8-15/h9-10,13H,3-8,11-12H2,1-2H3,(H,23,24). The summed E-state index contributed by atoms with van der Waals surface area (Å²) in [5, 5.41) is 9.01. The molecule has 3 nitrogen and oxygen atoms in total. The van der Waals surface area contributed by atoms with Gasteiger partial charge in [-0.2, -0.15) is 0 Å². The van der Waals surface area contributed by atoms with Crippen LogP contribution in [0.2, 0.25) is 0 Å². The van der Waals surface area contributed by atoms with Gasteiger partial charge in [0.2, 0.25) is 0 Å². The van der Waals surface area contributed by atoms with Crippen molar-refractivity contribution in [1.29, 1.82) is 0 Å². The van der Waals surface area contributed by atoms with E-state index in [1.54, 1.807) is 13.0 Å². The fourth-order valence-electron chi connectivity index (χ4n) is 3.12. The number of rotatable bonds is 7. The summed E-state index contributed by atoms with van der Waals surface area (Å²) < 4.78 is 13.6. The second kappa shape index (κ2) is 8.76. The molecule has 1 N–H and O–H groups in total. The van der Waals surface area contributed by atoms with Gasteiger partial charge in [0, 0.05) is 17.8 Å². The number of carbonyl (C=O) groups is 1. The largest absolute Gasteiger partial charge is 0.481 e. The zero-order chi connectivity index (χ0) is 17.5. The van der Waals surface area contributed by atoms with Crippen LogP contribution in [-0.2, 0) is 4.79 Å². The number of benzene rings is 1. The molecule has 1 aromatic carbocycles. The van der Waals surface area contributed by atoms with E-state index in [-0.39, 0.29) is 12.2 Å². The molecule has 2 rings (SSSR count). The Labute approximate surface area is 143 Å². The van der Waals surface area contributed by atoms with E-state index >= 15 is 0 Å². The Kier molecular flexibility index (Phi) is 6.71. The molecule has 1 saturated carbocycles. The Hall–Kier alpha value is -1.97. The molecule has 0 saturated heterocycles. The third-order valence-corrected chi connectivity index (χ3v) is 4.44. The lowest BCUT2D eigenvalue weighted by Crippen LogP contribution is -2.05. The molecule has 1 aliphatic carbocycles. The number of hydrogen-bond acceptors (Lipinski definition) is 2. The molecule has 0 amide bonds. The van der Waals surface area contributed by atoms with Gasteiger partial charge in [0.15, 0.2) is 0 Å². The van der Waals surface area contributed by atoms with Gasteiger partial charge in [-0.05, 0) is 67.9 Å². The van der Waals surface area contributed by atoms with E-state index in [9.17, 15) is 9.18 Å². The molecule has 0 atom stereocenters. The molecule has 0 heterocycles. The molecular weight excluding hydrogens is 305 g/mol. The summed E-state index contributed by atoms with van der Waals surface area (Å²) >= 11 is 0. The van der Waals surface area contributed by atoms with E-state index in [1.807, 2.05) is 6.07 Å². The SMILES string of the molecule is CCCC(=NC(CCC(=O)O)=C1CCCC1)c1ccc(F)c(C)c1. The summed E-state index contributed by atoms with van der Waals surface area (Å²) in [6, 6.07) is 5.08. The van der Waals surface area contributed by atoms with Crippen molar-refractivity contribution in [3.8, 4) is 0 Å². The highest BCUT2D eigenvalue weighted by atomic mass is 19.1. The molecule has 1 fully saturated rings. The molecule has 1 aliphatic rings. The first kappa shape index (κ1) is 18.4. The first-order valence-corrected chi connectivity index (χ1v) is 8.78. The van der Waals surface area contributed by atoms with Gasteiger partial charge in [-0.25, -0.2) is 4.39 Å². The van der Waals surface area contributed by atoms with Crippen LogP contribution in [0.15, 0.2) is 34.5 Å². The number of nitrogens with zero attached hydrogens (tertiary/aromatic N) is 1. The number of halogens is 1. The number of aliphatic imine (C=N–C) groups is 1. The lowest BCUT2D eigenvalue weighted by molar-refractivity contribution is -0.136. The number of aryl methyl sites for hydroxylation is 1. The predicted molar refractivity (Wildman–Crippen MR) is 94.9 cm³/mol. The maximum Gasteiger partial charge on any atom is 0.303 e. The summed E-state index contributed by atoms with van der Waals surface area (Å²) in [4.78, 5) is 15.8. The molecule has 0 bridgehead atoms. The van der Waals surface area contributed by atoms with Gasteiger partial charge in [-0.15, -0.1) is 0 Å². The van der Waals surface area contributed by atoms with E-state index in [4.69, 9.17) is 10.1 Å². The lowest BCUT2D eigenvalue weighted by atomic mass is 10.0. The molecule has 1 aromatic rings. The monoisotopic (exact) mass is 331 g/mol. The summed E-state index contributed by atoms with van der Waals surface area (Å²) in [6.07, 6.45) is 6.65. The van der Waals surface area contributed by atoms with Crippen molar-refractivity contribution in [3.63, 3.8) is 0 Å². The number of aliphatic carboxylic acids is 1. The Bertz CT molecular complexity index is 654. The first-order valence-electron chi connectivity index (χ1n) is 8.78. The highest BCUT2D eigenvalue weighted by Gasteiger charge is 2.15. The maximum absolute atomic E-state index is 13.6. The minimum absolute atomic E-state index is 0.101. The minimum Gasteiger partial charge on any atom is -0.481 e. The van der Waals surface area contributed by atoms with Crippen molar-refractivity contribution in [3.05, 3.63) is 46.4 Å². The summed E-state index contributed by atoms with van der Waals surface area (Å²) in [5.74, 6) is -1.01. The Morgan fingerprint density at radius 2 is 1.92 bits per heavy atom. The second-order valence-corrected chi connectivity index (χ2v) is 6.42. The summed E-state index contributed by atoms with van der Waals surface area (Å²) in [7, 11) is 0. The molecule has 24 heavy (non-hydrogen) atoms. The minimum atomic E-state index is -0.795. The maximum atomic E-state index is 13.6. The van der Waals surface area contributed by atoms with Crippen molar-refractivity contribution in [2.75, 3.05) is 0 Å². The van der Waals surface area contributed by atoms with Crippen molar-refractivity contribution in [2.24, 2.45) is 4.99 Å². The molecule has 0 unspecified atom stereocenters. The zero-order valence-corrected chi connectivity index (χ0v) is 14.6. The third kappa shape index (κ3) is 5.02. The van der Waals surface area contributed by atoms with Crippen LogP contribution in [0.25, 0.3) is 0 Å². The van der Waals surface area contributed by atoms with Crippen molar-refractivity contribution < 1.29 is 14.3 Å². The average Bonchev–Trinajstić information content (AvgIpc) is 3.07. The highest BCUT2D eigenvalue weighted by molar-refractivity contribution is 6.01. The molecule has 0 radical (unpaired) electrons. The quantitative estimate of drug-likeness (QED) is 0.679. The van der Waals surface area contributed by atoms with E-state index in [2.05, 4.69) is 6.92 Å². The highest BCUT2D eigenvalue weighted by Crippen LogP contribution is 2.30. The van der Waals surface area contributed by atoms with E-state index in [0.717, 1.165) is 55.5 Å².